The molecule has 0 heterocycles. The van der Waals surface area contributed by atoms with Gasteiger partial charge in [0.15, 0.2) is 0 Å². The maximum Gasteiger partial charge on any atom is 0.220 e. The van der Waals surface area contributed by atoms with Gasteiger partial charge in [-0.2, -0.15) is 5.26 Å². The third-order valence-corrected chi connectivity index (χ3v) is 3.98. The van der Waals surface area contributed by atoms with E-state index in [1.807, 2.05) is 0 Å². The lowest BCUT2D eigenvalue weighted by Gasteiger charge is -2.17. The van der Waals surface area contributed by atoms with E-state index < -0.39 is 0 Å². The van der Waals surface area contributed by atoms with Gasteiger partial charge < -0.3 is 5.32 Å². The molecule has 0 aliphatic heterocycles. The van der Waals surface area contributed by atoms with E-state index in [0.717, 1.165) is 19.3 Å². The second-order valence-corrected chi connectivity index (χ2v) is 5.20. The van der Waals surface area contributed by atoms with Gasteiger partial charge in [0.25, 0.3) is 0 Å². The molecule has 0 aromatic heterocycles. The van der Waals surface area contributed by atoms with Crippen LogP contribution in [-0.4, -0.2) is 11.9 Å². The van der Waals surface area contributed by atoms with Gasteiger partial charge in [-0.15, -0.1) is 0 Å². The van der Waals surface area contributed by atoms with Crippen LogP contribution in [0.25, 0.3) is 0 Å². The molecule has 0 aromatic rings. The second kappa shape index (κ2) is 5.34. The Balaban J connectivity index is 1.76. The molecule has 88 valence electrons. The molecule has 3 nitrogen and oxygen atoms in total. The van der Waals surface area contributed by atoms with E-state index in [1.165, 1.54) is 25.7 Å². The Kier molecular flexibility index (Phi) is 3.82. The summed E-state index contributed by atoms with van der Waals surface area (Å²) in [6.45, 7) is 0. The lowest BCUT2D eigenvalue weighted by Crippen LogP contribution is -2.37. The Labute approximate surface area is 97.2 Å². The molecule has 1 amide bonds. The molecule has 2 aliphatic rings. The molecule has 2 atom stereocenters. The van der Waals surface area contributed by atoms with E-state index in [4.69, 9.17) is 5.26 Å². The first-order valence-corrected chi connectivity index (χ1v) is 6.48. The van der Waals surface area contributed by atoms with Crippen molar-refractivity contribution in [2.45, 2.75) is 57.4 Å². The second-order valence-electron chi connectivity index (χ2n) is 5.20. The van der Waals surface area contributed by atoms with Crippen molar-refractivity contribution in [3.05, 3.63) is 0 Å². The van der Waals surface area contributed by atoms with Crippen LogP contribution in [0.5, 0.6) is 0 Å². The fourth-order valence-corrected chi connectivity index (χ4v) is 3.03. The van der Waals surface area contributed by atoms with E-state index >= 15 is 0 Å². The zero-order valence-electron chi connectivity index (χ0n) is 9.74. The fraction of sp³-hybridized carbons (Fsp3) is 0.846. The first-order valence-electron chi connectivity index (χ1n) is 6.48. The Morgan fingerprint density at radius 1 is 1.19 bits per heavy atom. The van der Waals surface area contributed by atoms with Crippen LogP contribution < -0.4 is 5.32 Å². The number of amides is 1. The van der Waals surface area contributed by atoms with Crippen LogP contribution >= 0.6 is 0 Å². The molecule has 2 rings (SSSR count). The molecule has 0 saturated heterocycles. The fourth-order valence-electron chi connectivity index (χ4n) is 3.03. The zero-order chi connectivity index (χ0) is 11.4. The molecule has 0 spiro atoms. The minimum absolute atomic E-state index is 0.0486. The molecule has 2 saturated carbocycles. The molecule has 2 fully saturated rings. The number of carbonyl (C=O) groups is 1. The average molecular weight is 220 g/mol. The van der Waals surface area contributed by atoms with Gasteiger partial charge in [0, 0.05) is 12.5 Å². The number of hydrogen-bond acceptors (Lipinski definition) is 2. The van der Waals surface area contributed by atoms with Crippen LogP contribution in [0.2, 0.25) is 0 Å². The Hall–Kier alpha value is -1.04. The van der Waals surface area contributed by atoms with Crippen molar-refractivity contribution in [2.75, 3.05) is 0 Å². The summed E-state index contributed by atoms with van der Waals surface area (Å²) in [6, 6.07) is 2.42. The molecule has 0 aromatic carbocycles. The normalized spacial score (nSPS) is 30.2. The van der Waals surface area contributed by atoms with E-state index in [2.05, 4.69) is 11.4 Å². The Morgan fingerprint density at radius 2 is 1.94 bits per heavy atom. The molecular formula is C13H20N2O. The SMILES string of the molecule is N#CC1CCCC1NC(=O)CC1CCCC1. The Morgan fingerprint density at radius 3 is 2.62 bits per heavy atom. The summed E-state index contributed by atoms with van der Waals surface area (Å²) in [5, 5.41) is 12.0. The van der Waals surface area contributed by atoms with Gasteiger partial charge in [0.1, 0.15) is 0 Å². The van der Waals surface area contributed by atoms with Gasteiger partial charge in [-0.1, -0.05) is 12.8 Å². The van der Waals surface area contributed by atoms with Crippen LogP contribution in [0.1, 0.15) is 51.4 Å². The molecule has 0 radical (unpaired) electrons. The monoisotopic (exact) mass is 220 g/mol. The topological polar surface area (TPSA) is 52.9 Å². The van der Waals surface area contributed by atoms with Crippen LogP contribution in [-0.2, 0) is 4.79 Å². The van der Waals surface area contributed by atoms with Gasteiger partial charge in [0.2, 0.25) is 5.91 Å². The Bertz CT molecular complexity index is 289. The van der Waals surface area contributed by atoms with E-state index in [0.29, 0.717) is 12.3 Å². The number of nitrogens with zero attached hydrogens (tertiary/aromatic N) is 1. The molecule has 0 bridgehead atoms. The van der Waals surface area contributed by atoms with Crippen molar-refractivity contribution in [3.8, 4) is 6.07 Å². The van der Waals surface area contributed by atoms with Gasteiger partial charge >= 0.3 is 0 Å². The van der Waals surface area contributed by atoms with E-state index in [-0.39, 0.29) is 17.9 Å². The third-order valence-electron chi connectivity index (χ3n) is 3.98. The zero-order valence-corrected chi connectivity index (χ0v) is 9.74. The maximum atomic E-state index is 11.8. The number of nitrogens with one attached hydrogen (secondary N) is 1. The van der Waals surface area contributed by atoms with Crippen LogP contribution in [0.3, 0.4) is 0 Å². The summed E-state index contributed by atoms with van der Waals surface area (Å²) in [7, 11) is 0. The number of hydrogen-bond donors (Lipinski definition) is 1. The van der Waals surface area contributed by atoms with Crippen molar-refractivity contribution in [3.63, 3.8) is 0 Å². The van der Waals surface area contributed by atoms with Crippen molar-refractivity contribution in [2.24, 2.45) is 11.8 Å². The van der Waals surface area contributed by atoms with Crippen molar-refractivity contribution in [1.29, 1.82) is 5.26 Å². The first kappa shape index (κ1) is 11.4. The highest BCUT2D eigenvalue weighted by molar-refractivity contribution is 5.76. The minimum Gasteiger partial charge on any atom is -0.352 e. The summed E-state index contributed by atoms with van der Waals surface area (Å²) < 4.78 is 0. The lowest BCUT2D eigenvalue weighted by molar-refractivity contribution is -0.122. The van der Waals surface area contributed by atoms with Gasteiger partial charge in [-0.3, -0.25) is 4.79 Å². The summed E-state index contributed by atoms with van der Waals surface area (Å²) in [5.74, 6) is 0.813. The highest BCUT2D eigenvalue weighted by Crippen LogP contribution is 2.28. The first-order chi connectivity index (χ1) is 7.79. The lowest BCUT2D eigenvalue weighted by atomic mass is 10.0. The highest BCUT2D eigenvalue weighted by atomic mass is 16.1. The van der Waals surface area contributed by atoms with Crippen LogP contribution in [0.4, 0.5) is 0 Å². The molecule has 2 aliphatic carbocycles. The summed E-state index contributed by atoms with van der Waals surface area (Å²) in [6.07, 6.45) is 8.66. The van der Waals surface area contributed by atoms with Crippen LogP contribution in [0, 0.1) is 23.2 Å². The third kappa shape index (κ3) is 2.75. The summed E-state index contributed by atoms with van der Waals surface area (Å²) in [4.78, 5) is 11.8. The minimum atomic E-state index is 0.0486. The number of carbonyl (C=O) groups excluding carboxylic acids is 1. The standard InChI is InChI=1S/C13H20N2O/c14-9-11-6-3-7-12(11)15-13(16)8-10-4-1-2-5-10/h10-12H,1-8H2,(H,15,16). The number of rotatable bonds is 3. The maximum absolute atomic E-state index is 11.8. The molecule has 16 heavy (non-hydrogen) atoms. The summed E-state index contributed by atoms with van der Waals surface area (Å²) in [5.41, 5.74) is 0. The highest BCUT2D eigenvalue weighted by Gasteiger charge is 2.29. The van der Waals surface area contributed by atoms with Crippen molar-refractivity contribution >= 4 is 5.91 Å². The smallest absolute Gasteiger partial charge is 0.220 e. The predicted molar refractivity (Wildman–Crippen MR) is 61.5 cm³/mol. The van der Waals surface area contributed by atoms with Crippen molar-refractivity contribution < 1.29 is 4.79 Å². The average Bonchev–Trinajstić information content (AvgIpc) is 2.88. The molecular weight excluding hydrogens is 200 g/mol. The van der Waals surface area contributed by atoms with Gasteiger partial charge in [-0.05, 0) is 38.0 Å². The molecule has 1 N–H and O–H groups in total. The van der Waals surface area contributed by atoms with E-state index in [9.17, 15) is 4.79 Å². The number of nitriles is 1. The van der Waals surface area contributed by atoms with Crippen LogP contribution in [0.15, 0.2) is 0 Å². The van der Waals surface area contributed by atoms with Gasteiger partial charge in [0.05, 0.1) is 12.0 Å². The predicted octanol–water partition coefficient (Wildman–Crippen LogP) is 2.38. The largest absolute Gasteiger partial charge is 0.352 e. The van der Waals surface area contributed by atoms with E-state index in [1.54, 1.807) is 0 Å². The molecule has 2 unspecified atom stereocenters. The quantitative estimate of drug-likeness (QED) is 0.794. The summed E-state index contributed by atoms with van der Waals surface area (Å²) >= 11 is 0. The molecule has 3 heteroatoms. The van der Waals surface area contributed by atoms with Crippen molar-refractivity contribution in [1.82, 2.24) is 5.32 Å². The van der Waals surface area contributed by atoms with Gasteiger partial charge in [-0.25, -0.2) is 0 Å².